The molecule has 14 heavy (non-hydrogen) atoms. The first-order valence-electron chi connectivity index (χ1n) is 3.83. The first-order valence-corrected chi connectivity index (χ1v) is 4.62. The number of halogens is 2. The molecule has 0 aliphatic carbocycles. The van der Waals surface area contributed by atoms with Gasteiger partial charge in [-0.2, -0.15) is 0 Å². The van der Waals surface area contributed by atoms with Crippen LogP contribution >= 0.6 is 28.3 Å². The molecule has 1 aromatic carbocycles. The van der Waals surface area contributed by atoms with Gasteiger partial charge in [-0.1, -0.05) is 34.1 Å². The summed E-state index contributed by atoms with van der Waals surface area (Å²) in [6.07, 6.45) is 0.344. The van der Waals surface area contributed by atoms with Crippen molar-refractivity contribution < 1.29 is 9.90 Å². The van der Waals surface area contributed by atoms with Crippen LogP contribution in [-0.4, -0.2) is 17.1 Å². The van der Waals surface area contributed by atoms with Gasteiger partial charge in [-0.05, 0) is 18.1 Å². The van der Waals surface area contributed by atoms with Gasteiger partial charge in [0.25, 0.3) is 0 Å². The lowest BCUT2D eigenvalue weighted by atomic mass is 10.1. The quantitative estimate of drug-likeness (QED) is 0.888. The van der Waals surface area contributed by atoms with E-state index in [4.69, 9.17) is 10.8 Å². The van der Waals surface area contributed by atoms with E-state index in [0.717, 1.165) is 10.0 Å². The molecule has 0 fully saturated rings. The van der Waals surface area contributed by atoms with Crippen molar-refractivity contribution in [3.05, 3.63) is 34.3 Å². The lowest BCUT2D eigenvalue weighted by molar-refractivity contribution is -0.138. The fourth-order valence-corrected chi connectivity index (χ4v) is 1.43. The number of carboxylic acids is 1. The summed E-state index contributed by atoms with van der Waals surface area (Å²) in [6.45, 7) is 0. The maximum Gasteiger partial charge on any atom is 0.320 e. The molecule has 0 aliphatic heterocycles. The molecular formula is C9H11BrClNO2. The van der Waals surface area contributed by atoms with Gasteiger partial charge in [0.2, 0.25) is 0 Å². The van der Waals surface area contributed by atoms with Crippen LogP contribution in [0.25, 0.3) is 0 Å². The van der Waals surface area contributed by atoms with E-state index in [-0.39, 0.29) is 12.4 Å². The van der Waals surface area contributed by atoms with Gasteiger partial charge >= 0.3 is 5.97 Å². The Balaban J connectivity index is 0.00000169. The first-order chi connectivity index (χ1) is 6.11. The maximum atomic E-state index is 10.5. The highest BCUT2D eigenvalue weighted by Crippen LogP contribution is 2.16. The number of carboxylic acid groups (broad SMARTS) is 1. The second-order valence-electron chi connectivity index (χ2n) is 2.74. The molecule has 0 amide bonds. The zero-order chi connectivity index (χ0) is 9.84. The highest BCUT2D eigenvalue weighted by Gasteiger charge is 2.12. The Morgan fingerprint density at radius 3 is 2.57 bits per heavy atom. The zero-order valence-corrected chi connectivity index (χ0v) is 9.72. The van der Waals surface area contributed by atoms with Crippen LogP contribution in [0.5, 0.6) is 0 Å². The number of rotatable bonds is 3. The molecule has 0 spiro atoms. The van der Waals surface area contributed by atoms with Crippen molar-refractivity contribution in [1.82, 2.24) is 0 Å². The van der Waals surface area contributed by atoms with E-state index in [1.807, 2.05) is 24.3 Å². The third kappa shape index (κ3) is 3.65. The highest BCUT2D eigenvalue weighted by atomic mass is 79.9. The topological polar surface area (TPSA) is 63.3 Å². The van der Waals surface area contributed by atoms with E-state index in [9.17, 15) is 4.79 Å². The number of hydrogen-bond donors (Lipinski definition) is 2. The van der Waals surface area contributed by atoms with Gasteiger partial charge in [-0.15, -0.1) is 12.4 Å². The Morgan fingerprint density at radius 1 is 1.50 bits per heavy atom. The lowest BCUT2D eigenvalue weighted by Crippen LogP contribution is -2.32. The smallest absolute Gasteiger partial charge is 0.320 e. The summed E-state index contributed by atoms with van der Waals surface area (Å²) >= 11 is 3.33. The monoisotopic (exact) mass is 279 g/mol. The molecule has 0 radical (unpaired) electrons. The van der Waals surface area contributed by atoms with Crippen LogP contribution in [0.15, 0.2) is 28.7 Å². The molecule has 0 aliphatic rings. The van der Waals surface area contributed by atoms with E-state index in [1.165, 1.54) is 0 Å². The van der Waals surface area contributed by atoms with Crippen LogP contribution in [0.2, 0.25) is 0 Å². The average Bonchev–Trinajstić information content (AvgIpc) is 2.08. The molecular weight excluding hydrogens is 269 g/mol. The van der Waals surface area contributed by atoms with Gasteiger partial charge in [-0.25, -0.2) is 0 Å². The van der Waals surface area contributed by atoms with Gasteiger partial charge in [-0.3, -0.25) is 4.79 Å². The third-order valence-corrected chi connectivity index (χ3v) is 2.49. The van der Waals surface area contributed by atoms with Crippen LogP contribution in [0.4, 0.5) is 0 Å². The molecule has 0 aromatic heterocycles. The van der Waals surface area contributed by atoms with Crippen molar-refractivity contribution in [3.63, 3.8) is 0 Å². The Hall–Kier alpha value is -0.580. The van der Waals surface area contributed by atoms with E-state index in [2.05, 4.69) is 15.9 Å². The Kier molecular flexibility index (Phi) is 5.76. The van der Waals surface area contributed by atoms with Crippen LogP contribution < -0.4 is 5.73 Å². The Bertz CT molecular complexity index is 319. The summed E-state index contributed by atoms with van der Waals surface area (Å²) in [5.74, 6) is -0.976. The van der Waals surface area contributed by atoms with Crippen molar-refractivity contribution in [2.24, 2.45) is 5.73 Å². The van der Waals surface area contributed by atoms with E-state index in [0.29, 0.717) is 6.42 Å². The molecule has 78 valence electrons. The van der Waals surface area contributed by atoms with Gasteiger partial charge in [0, 0.05) is 4.47 Å². The molecule has 0 saturated carbocycles. The van der Waals surface area contributed by atoms with E-state index >= 15 is 0 Å². The van der Waals surface area contributed by atoms with Crippen LogP contribution in [-0.2, 0) is 11.2 Å². The molecule has 3 N–H and O–H groups in total. The summed E-state index contributed by atoms with van der Waals surface area (Å²) in [6, 6.07) is 6.62. The Morgan fingerprint density at radius 2 is 2.07 bits per heavy atom. The molecule has 1 unspecified atom stereocenters. The lowest BCUT2D eigenvalue weighted by Gasteiger charge is -2.07. The van der Waals surface area contributed by atoms with E-state index < -0.39 is 12.0 Å². The predicted octanol–water partition coefficient (Wildman–Crippen LogP) is 1.83. The van der Waals surface area contributed by atoms with Crippen LogP contribution in [0, 0.1) is 0 Å². The first kappa shape index (κ1) is 13.4. The minimum Gasteiger partial charge on any atom is -0.480 e. The van der Waals surface area contributed by atoms with Crippen molar-refractivity contribution in [3.8, 4) is 0 Å². The van der Waals surface area contributed by atoms with Gasteiger partial charge in [0.15, 0.2) is 0 Å². The number of aliphatic carboxylic acids is 1. The van der Waals surface area contributed by atoms with Crippen molar-refractivity contribution in [1.29, 1.82) is 0 Å². The number of nitrogens with two attached hydrogens (primary N) is 1. The molecule has 1 atom stereocenters. The molecule has 0 heterocycles. The SMILES string of the molecule is Cl.NC(Cc1ccccc1Br)C(=O)O. The number of carbonyl (C=O) groups is 1. The fraction of sp³-hybridized carbons (Fsp3) is 0.222. The molecule has 5 heteroatoms. The highest BCUT2D eigenvalue weighted by molar-refractivity contribution is 9.10. The molecule has 0 saturated heterocycles. The fourth-order valence-electron chi connectivity index (χ4n) is 0.988. The minimum absolute atomic E-state index is 0. The number of benzene rings is 1. The largest absolute Gasteiger partial charge is 0.480 e. The molecule has 3 nitrogen and oxygen atoms in total. The van der Waals surface area contributed by atoms with E-state index in [1.54, 1.807) is 0 Å². The van der Waals surface area contributed by atoms with Crippen LogP contribution in [0.3, 0.4) is 0 Å². The van der Waals surface area contributed by atoms with Gasteiger partial charge < -0.3 is 10.8 Å². The zero-order valence-electron chi connectivity index (χ0n) is 7.31. The summed E-state index contributed by atoms with van der Waals surface area (Å²) in [5.41, 5.74) is 6.31. The van der Waals surface area contributed by atoms with Gasteiger partial charge in [0.05, 0.1) is 0 Å². The Labute approximate surface area is 96.8 Å². The van der Waals surface area contributed by atoms with Crippen molar-refractivity contribution in [2.75, 3.05) is 0 Å². The van der Waals surface area contributed by atoms with Crippen molar-refractivity contribution >= 4 is 34.3 Å². The van der Waals surface area contributed by atoms with Gasteiger partial charge in [0.1, 0.15) is 6.04 Å². The summed E-state index contributed by atoms with van der Waals surface area (Å²) < 4.78 is 0.895. The second-order valence-corrected chi connectivity index (χ2v) is 3.59. The standard InChI is InChI=1S/C9H10BrNO2.ClH/c10-7-4-2-1-3-6(7)5-8(11)9(12)13;/h1-4,8H,5,11H2,(H,12,13);1H. The van der Waals surface area contributed by atoms with Crippen LogP contribution in [0.1, 0.15) is 5.56 Å². The second kappa shape index (κ2) is 6.01. The maximum absolute atomic E-state index is 10.5. The third-order valence-electron chi connectivity index (χ3n) is 1.71. The predicted molar refractivity (Wildman–Crippen MR) is 60.7 cm³/mol. The molecule has 1 rings (SSSR count). The summed E-state index contributed by atoms with van der Waals surface area (Å²) in [5, 5.41) is 8.59. The average molecular weight is 281 g/mol. The minimum atomic E-state index is -0.976. The summed E-state index contributed by atoms with van der Waals surface area (Å²) in [4.78, 5) is 10.5. The molecule has 1 aromatic rings. The summed E-state index contributed by atoms with van der Waals surface area (Å²) in [7, 11) is 0. The van der Waals surface area contributed by atoms with Crippen molar-refractivity contribution in [2.45, 2.75) is 12.5 Å². The molecule has 0 bridgehead atoms. The number of hydrogen-bond acceptors (Lipinski definition) is 2. The normalized spacial score (nSPS) is 11.6.